The van der Waals surface area contributed by atoms with Gasteiger partial charge >= 0.3 is 0 Å². The van der Waals surface area contributed by atoms with E-state index in [2.05, 4.69) is 170 Å². The summed E-state index contributed by atoms with van der Waals surface area (Å²) < 4.78 is 5.45. The molecule has 11 rings (SSSR count). The summed E-state index contributed by atoms with van der Waals surface area (Å²) in [7, 11) is 0. The topological polar surface area (TPSA) is 0 Å². The summed E-state index contributed by atoms with van der Waals surface area (Å²) in [6.07, 6.45) is 0. The maximum absolute atomic E-state index is 2.45. The zero-order valence-electron chi connectivity index (χ0n) is 27.0. The van der Waals surface area contributed by atoms with Gasteiger partial charge < -0.3 is 0 Å². The SMILES string of the molecule is c1ccc(-c2ccc(-c3c4ccccc4c(-c4ccc5sc6c(ccc7sc8ccccc8c76)c5c4)c4ccccc34)c3ccccc23)cc1. The maximum Gasteiger partial charge on any atom is 0.0448 e. The molecule has 0 fully saturated rings. The van der Waals surface area contributed by atoms with Crippen molar-refractivity contribution in [2.75, 3.05) is 0 Å². The van der Waals surface area contributed by atoms with E-state index in [-0.39, 0.29) is 0 Å². The molecular formula is C48H28S2. The fourth-order valence-electron chi connectivity index (χ4n) is 8.31. The molecule has 2 heteroatoms. The predicted molar refractivity (Wildman–Crippen MR) is 221 cm³/mol. The van der Waals surface area contributed by atoms with Crippen LogP contribution < -0.4 is 0 Å². The Kier molecular flexibility index (Phi) is 6.09. The second-order valence-corrected chi connectivity index (χ2v) is 15.3. The molecule has 0 nitrogen and oxygen atoms in total. The Hall–Kier alpha value is -5.80. The zero-order chi connectivity index (χ0) is 32.8. The van der Waals surface area contributed by atoms with Crippen LogP contribution in [0.15, 0.2) is 170 Å². The molecule has 50 heavy (non-hydrogen) atoms. The molecule has 0 aliphatic carbocycles. The number of benzene rings is 9. The fourth-order valence-corrected chi connectivity index (χ4v) is 10.7. The Labute approximate surface area is 297 Å². The van der Waals surface area contributed by atoms with Crippen LogP contribution in [0.3, 0.4) is 0 Å². The van der Waals surface area contributed by atoms with Crippen molar-refractivity contribution >= 4 is 95.3 Å². The summed E-state index contributed by atoms with van der Waals surface area (Å²) in [5.41, 5.74) is 7.63. The van der Waals surface area contributed by atoms with Crippen molar-refractivity contribution in [1.82, 2.24) is 0 Å². The summed E-state index contributed by atoms with van der Waals surface area (Å²) >= 11 is 3.82. The molecule has 0 atom stereocenters. The summed E-state index contributed by atoms with van der Waals surface area (Å²) in [6.45, 7) is 0. The van der Waals surface area contributed by atoms with E-state index in [9.17, 15) is 0 Å². The molecule has 2 heterocycles. The van der Waals surface area contributed by atoms with E-state index in [4.69, 9.17) is 0 Å². The summed E-state index contributed by atoms with van der Waals surface area (Å²) in [5.74, 6) is 0. The molecule has 9 aromatic carbocycles. The lowest BCUT2D eigenvalue weighted by Crippen LogP contribution is -1.92. The van der Waals surface area contributed by atoms with E-state index in [0.717, 1.165) is 0 Å². The molecule has 0 amide bonds. The third kappa shape index (κ3) is 4.04. The fraction of sp³-hybridized carbons (Fsp3) is 0. The van der Waals surface area contributed by atoms with Gasteiger partial charge in [0.05, 0.1) is 0 Å². The molecule has 0 saturated heterocycles. The van der Waals surface area contributed by atoms with Crippen LogP contribution in [0.1, 0.15) is 0 Å². The largest absolute Gasteiger partial charge is 0.135 e. The molecule has 0 bridgehead atoms. The first-order valence-corrected chi connectivity index (χ1v) is 18.7. The van der Waals surface area contributed by atoms with Gasteiger partial charge in [-0.3, -0.25) is 0 Å². The van der Waals surface area contributed by atoms with E-state index in [1.54, 1.807) is 0 Å². The highest BCUT2D eigenvalue weighted by molar-refractivity contribution is 7.29. The minimum atomic E-state index is 1.24. The number of hydrogen-bond acceptors (Lipinski definition) is 2. The average molecular weight is 669 g/mol. The number of rotatable bonds is 3. The molecule has 232 valence electrons. The second-order valence-electron chi connectivity index (χ2n) is 13.1. The molecule has 0 aliphatic heterocycles. The van der Waals surface area contributed by atoms with Crippen LogP contribution >= 0.6 is 22.7 Å². The number of fused-ring (bicyclic) bond motifs is 10. The number of hydrogen-bond donors (Lipinski definition) is 0. The van der Waals surface area contributed by atoms with E-state index < -0.39 is 0 Å². The van der Waals surface area contributed by atoms with Gasteiger partial charge in [-0.15, -0.1) is 22.7 Å². The molecule has 0 spiro atoms. The lowest BCUT2D eigenvalue weighted by atomic mass is 9.83. The minimum absolute atomic E-state index is 1.24. The molecule has 0 unspecified atom stereocenters. The van der Waals surface area contributed by atoms with Gasteiger partial charge in [0.15, 0.2) is 0 Å². The first-order chi connectivity index (χ1) is 24.8. The predicted octanol–water partition coefficient (Wildman–Crippen LogP) is 14.9. The normalized spacial score (nSPS) is 12.0. The average Bonchev–Trinajstić information content (AvgIpc) is 3.75. The van der Waals surface area contributed by atoms with Crippen molar-refractivity contribution in [3.63, 3.8) is 0 Å². The molecule has 2 aromatic heterocycles. The van der Waals surface area contributed by atoms with Crippen LogP contribution in [-0.4, -0.2) is 0 Å². The van der Waals surface area contributed by atoms with Crippen LogP contribution in [-0.2, 0) is 0 Å². The molecule has 0 aliphatic rings. The summed E-state index contributed by atoms with van der Waals surface area (Å²) in [4.78, 5) is 0. The lowest BCUT2D eigenvalue weighted by molar-refractivity contribution is 1.64. The van der Waals surface area contributed by atoms with Crippen molar-refractivity contribution in [2.24, 2.45) is 0 Å². The molecule has 11 aromatic rings. The highest BCUT2D eigenvalue weighted by Crippen LogP contribution is 2.49. The van der Waals surface area contributed by atoms with Crippen molar-refractivity contribution in [1.29, 1.82) is 0 Å². The Morgan fingerprint density at radius 1 is 0.280 bits per heavy atom. The first-order valence-electron chi connectivity index (χ1n) is 17.1. The van der Waals surface area contributed by atoms with Gasteiger partial charge in [-0.1, -0.05) is 146 Å². The quantitative estimate of drug-likeness (QED) is 0.164. The van der Waals surface area contributed by atoms with E-state index >= 15 is 0 Å². The first kappa shape index (κ1) is 28.1. The highest BCUT2D eigenvalue weighted by Gasteiger charge is 2.20. The van der Waals surface area contributed by atoms with Crippen molar-refractivity contribution in [3.8, 4) is 33.4 Å². The van der Waals surface area contributed by atoms with Crippen LogP contribution in [0.25, 0.3) is 106 Å². The van der Waals surface area contributed by atoms with Crippen molar-refractivity contribution < 1.29 is 0 Å². The van der Waals surface area contributed by atoms with Gasteiger partial charge in [0.25, 0.3) is 0 Å². The number of thiophene rings is 2. The van der Waals surface area contributed by atoms with Gasteiger partial charge in [0.1, 0.15) is 0 Å². The van der Waals surface area contributed by atoms with Gasteiger partial charge in [0, 0.05) is 40.3 Å². The smallest absolute Gasteiger partial charge is 0.0448 e. The van der Waals surface area contributed by atoms with Crippen LogP contribution in [0, 0.1) is 0 Å². The van der Waals surface area contributed by atoms with E-state index in [1.165, 1.54) is 106 Å². The van der Waals surface area contributed by atoms with Crippen LogP contribution in [0.4, 0.5) is 0 Å². The standard InChI is InChI=1S/C48H28S2/c1-2-12-29(13-3-1)31-23-24-38(33-15-5-4-14-32(31)33)46-36-18-8-6-16-34(36)45(35-17-7-9-19-37(35)46)30-22-26-43-41(28-30)39-25-27-44-47(48(39)50-43)40-20-10-11-21-42(40)49-44/h1-28H. The van der Waals surface area contributed by atoms with Gasteiger partial charge in [-0.25, -0.2) is 0 Å². The third-order valence-electron chi connectivity index (χ3n) is 10.5. The molecular weight excluding hydrogens is 641 g/mol. The minimum Gasteiger partial charge on any atom is -0.135 e. The Balaban J connectivity index is 1.19. The van der Waals surface area contributed by atoms with E-state index in [0.29, 0.717) is 0 Å². The van der Waals surface area contributed by atoms with Crippen molar-refractivity contribution in [2.45, 2.75) is 0 Å². The monoisotopic (exact) mass is 668 g/mol. The van der Waals surface area contributed by atoms with Crippen molar-refractivity contribution in [3.05, 3.63) is 170 Å². The lowest BCUT2D eigenvalue weighted by Gasteiger charge is -2.19. The van der Waals surface area contributed by atoms with E-state index in [1.807, 2.05) is 22.7 Å². The summed E-state index contributed by atoms with van der Waals surface area (Å²) in [5, 5.41) is 13.1. The maximum atomic E-state index is 2.45. The Bertz CT molecular complexity index is 3080. The molecule has 0 radical (unpaired) electrons. The highest BCUT2D eigenvalue weighted by atomic mass is 32.1. The Morgan fingerprint density at radius 2 is 0.820 bits per heavy atom. The van der Waals surface area contributed by atoms with Gasteiger partial charge in [-0.2, -0.15) is 0 Å². The van der Waals surface area contributed by atoms with Gasteiger partial charge in [0.2, 0.25) is 0 Å². The van der Waals surface area contributed by atoms with Crippen LogP contribution in [0.2, 0.25) is 0 Å². The molecule has 0 N–H and O–H groups in total. The van der Waals surface area contributed by atoms with Crippen LogP contribution in [0.5, 0.6) is 0 Å². The second kappa shape index (κ2) is 10.9. The Morgan fingerprint density at radius 3 is 1.54 bits per heavy atom. The zero-order valence-corrected chi connectivity index (χ0v) is 28.6. The molecule has 0 saturated carbocycles. The third-order valence-corrected chi connectivity index (χ3v) is 12.8. The summed E-state index contributed by atoms with van der Waals surface area (Å²) in [6, 6.07) is 63.0. The van der Waals surface area contributed by atoms with Gasteiger partial charge in [-0.05, 0) is 90.0 Å².